The fourth-order valence-corrected chi connectivity index (χ4v) is 2.09. The molecule has 2 rings (SSSR count). The smallest absolute Gasteiger partial charge is 0.224 e. The van der Waals surface area contributed by atoms with Crippen LogP contribution in [0.3, 0.4) is 0 Å². The van der Waals surface area contributed by atoms with Gasteiger partial charge in [0.15, 0.2) is 0 Å². The van der Waals surface area contributed by atoms with Crippen molar-refractivity contribution in [3.05, 3.63) is 29.0 Å². The monoisotopic (exact) mass is 242 g/mol. The molecule has 1 aliphatic heterocycles. The number of rotatable bonds is 2. The van der Waals surface area contributed by atoms with Gasteiger partial charge in [0, 0.05) is 31.0 Å². The summed E-state index contributed by atoms with van der Waals surface area (Å²) >= 11 is 9.97. The highest BCUT2D eigenvalue weighted by Crippen LogP contribution is 2.18. The van der Waals surface area contributed by atoms with Gasteiger partial charge in [-0.05, 0) is 11.6 Å². The van der Waals surface area contributed by atoms with E-state index in [0.29, 0.717) is 24.7 Å². The molecule has 1 aromatic rings. The zero-order valence-corrected chi connectivity index (χ0v) is 9.71. The lowest BCUT2D eigenvalue weighted by molar-refractivity contribution is -0.128. The summed E-state index contributed by atoms with van der Waals surface area (Å²) in [7, 11) is 0. The summed E-state index contributed by atoms with van der Waals surface area (Å²) in [6.07, 6.45) is 2.23. The van der Waals surface area contributed by atoms with E-state index < -0.39 is 0 Å². The Kier molecular flexibility index (Phi) is 3.17. The fraction of sp³-hybridized carbons (Fsp3) is 0.400. The number of hydrogen-bond donors (Lipinski definition) is 1. The molecule has 0 saturated carbocycles. The van der Waals surface area contributed by atoms with Crippen molar-refractivity contribution < 1.29 is 4.79 Å². The molecule has 1 amide bonds. The van der Waals surface area contributed by atoms with Gasteiger partial charge in [0.25, 0.3) is 0 Å². The van der Waals surface area contributed by atoms with Gasteiger partial charge in [0.1, 0.15) is 5.15 Å². The first-order valence-electron chi connectivity index (χ1n) is 4.71. The van der Waals surface area contributed by atoms with Crippen molar-refractivity contribution in [2.45, 2.75) is 18.2 Å². The van der Waals surface area contributed by atoms with Gasteiger partial charge in [0.2, 0.25) is 5.91 Å². The van der Waals surface area contributed by atoms with Crippen LogP contribution in [0.15, 0.2) is 18.3 Å². The average molecular weight is 243 g/mol. The van der Waals surface area contributed by atoms with E-state index >= 15 is 0 Å². The Morgan fingerprint density at radius 2 is 2.40 bits per heavy atom. The predicted molar refractivity (Wildman–Crippen MR) is 62.1 cm³/mol. The number of carbonyl (C=O) groups is 1. The normalized spacial score (nSPS) is 21.1. The van der Waals surface area contributed by atoms with Gasteiger partial charge in [-0.15, -0.1) is 0 Å². The van der Waals surface area contributed by atoms with Crippen LogP contribution in [-0.4, -0.2) is 27.6 Å². The molecule has 80 valence electrons. The second-order valence-electron chi connectivity index (χ2n) is 3.62. The number of carbonyl (C=O) groups excluding carboxylic acids is 1. The van der Waals surface area contributed by atoms with Crippen LogP contribution >= 0.6 is 24.2 Å². The molecule has 1 aliphatic rings. The first-order valence-corrected chi connectivity index (χ1v) is 5.61. The van der Waals surface area contributed by atoms with Gasteiger partial charge in [-0.2, -0.15) is 12.6 Å². The summed E-state index contributed by atoms with van der Waals surface area (Å²) in [4.78, 5) is 17.3. The second kappa shape index (κ2) is 4.41. The number of likely N-dealkylation sites (tertiary alicyclic amines) is 1. The summed E-state index contributed by atoms with van der Waals surface area (Å²) < 4.78 is 0. The average Bonchev–Trinajstić information content (AvgIpc) is 2.49. The molecule has 3 nitrogen and oxygen atoms in total. The Hall–Kier alpha value is -0.740. The topological polar surface area (TPSA) is 33.2 Å². The largest absolute Gasteiger partial charge is 0.337 e. The van der Waals surface area contributed by atoms with Crippen LogP contribution in [0.1, 0.15) is 12.0 Å². The minimum atomic E-state index is 0.157. The number of hydrogen-bond acceptors (Lipinski definition) is 3. The minimum absolute atomic E-state index is 0.157. The van der Waals surface area contributed by atoms with Crippen LogP contribution in [0.2, 0.25) is 5.15 Å². The lowest BCUT2D eigenvalue weighted by atomic mass is 10.3. The molecule has 0 bridgehead atoms. The molecule has 0 N–H and O–H groups in total. The van der Waals surface area contributed by atoms with Crippen molar-refractivity contribution in [2.75, 3.05) is 6.54 Å². The molecular weight excluding hydrogens is 232 g/mol. The van der Waals surface area contributed by atoms with E-state index in [4.69, 9.17) is 11.6 Å². The standard InChI is InChI=1S/C10H11ClN2OS/c11-9-2-1-7(4-12-9)5-13-6-8(15)3-10(13)14/h1-2,4,8,15H,3,5-6H2. The highest BCUT2D eigenvalue weighted by atomic mass is 35.5. The third-order valence-electron chi connectivity index (χ3n) is 2.36. The molecule has 1 atom stereocenters. The van der Waals surface area contributed by atoms with E-state index in [9.17, 15) is 4.79 Å². The van der Waals surface area contributed by atoms with Crippen LogP contribution in [-0.2, 0) is 11.3 Å². The van der Waals surface area contributed by atoms with Crippen molar-refractivity contribution in [2.24, 2.45) is 0 Å². The highest BCUT2D eigenvalue weighted by Gasteiger charge is 2.26. The van der Waals surface area contributed by atoms with Crippen molar-refractivity contribution >= 4 is 30.1 Å². The molecule has 15 heavy (non-hydrogen) atoms. The molecule has 1 aromatic heterocycles. The zero-order chi connectivity index (χ0) is 10.8. The van der Waals surface area contributed by atoms with Crippen molar-refractivity contribution in [1.82, 2.24) is 9.88 Å². The molecule has 1 saturated heterocycles. The maximum absolute atomic E-state index is 11.5. The van der Waals surface area contributed by atoms with Crippen LogP contribution in [0.5, 0.6) is 0 Å². The Bertz CT molecular complexity index is 368. The number of aromatic nitrogens is 1. The predicted octanol–water partition coefficient (Wildman–Crippen LogP) is 1.77. The fourth-order valence-electron chi connectivity index (χ4n) is 1.62. The number of nitrogens with zero attached hydrogens (tertiary/aromatic N) is 2. The molecule has 0 aliphatic carbocycles. The third kappa shape index (κ3) is 2.63. The van der Waals surface area contributed by atoms with E-state index in [1.165, 1.54) is 0 Å². The lowest BCUT2D eigenvalue weighted by Crippen LogP contribution is -2.24. The molecule has 1 fully saturated rings. The van der Waals surface area contributed by atoms with Crippen LogP contribution in [0, 0.1) is 0 Å². The molecule has 0 aromatic carbocycles. The van der Waals surface area contributed by atoms with E-state index in [1.54, 1.807) is 17.2 Å². The van der Waals surface area contributed by atoms with Gasteiger partial charge >= 0.3 is 0 Å². The molecule has 1 unspecified atom stereocenters. The quantitative estimate of drug-likeness (QED) is 0.633. The molecular formula is C10H11ClN2OS. The van der Waals surface area contributed by atoms with Crippen molar-refractivity contribution in [3.8, 4) is 0 Å². The van der Waals surface area contributed by atoms with Gasteiger partial charge in [-0.1, -0.05) is 17.7 Å². The third-order valence-corrected chi connectivity index (χ3v) is 2.93. The van der Waals surface area contributed by atoms with E-state index in [1.807, 2.05) is 6.07 Å². The summed E-state index contributed by atoms with van der Waals surface area (Å²) in [6.45, 7) is 1.31. The lowest BCUT2D eigenvalue weighted by Gasteiger charge is -2.15. The van der Waals surface area contributed by atoms with Gasteiger partial charge < -0.3 is 4.90 Å². The van der Waals surface area contributed by atoms with Gasteiger partial charge in [-0.3, -0.25) is 4.79 Å². The van der Waals surface area contributed by atoms with Crippen LogP contribution in [0.4, 0.5) is 0 Å². The van der Waals surface area contributed by atoms with E-state index in [-0.39, 0.29) is 11.2 Å². The maximum Gasteiger partial charge on any atom is 0.224 e. The number of thiol groups is 1. The maximum atomic E-state index is 11.5. The van der Waals surface area contributed by atoms with Crippen LogP contribution < -0.4 is 0 Å². The van der Waals surface area contributed by atoms with Crippen LogP contribution in [0.25, 0.3) is 0 Å². The number of pyridine rings is 1. The zero-order valence-electron chi connectivity index (χ0n) is 8.06. The molecule has 2 heterocycles. The highest BCUT2D eigenvalue weighted by molar-refractivity contribution is 7.81. The van der Waals surface area contributed by atoms with Gasteiger partial charge in [-0.25, -0.2) is 4.98 Å². The Labute approximate surface area is 98.8 Å². The summed E-state index contributed by atoms with van der Waals surface area (Å²) in [5.41, 5.74) is 0.996. The van der Waals surface area contributed by atoms with E-state index in [2.05, 4.69) is 17.6 Å². The second-order valence-corrected chi connectivity index (χ2v) is 4.74. The first kappa shape index (κ1) is 10.8. The molecule has 5 heteroatoms. The molecule has 0 radical (unpaired) electrons. The van der Waals surface area contributed by atoms with Crippen molar-refractivity contribution in [3.63, 3.8) is 0 Å². The Morgan fingerprint density at radius 1 is 1.60 bits per heavy atom. The van der Waals surface area contributed by atoms with Gasteiger partial charge in [0.05, 0.1) is 0 Å². The SMILES string of the molecule is O=C1CC(S)CN1Cc1ccc(Cl)nc1. The summed E-state index contributed by atoms with van der Waals surface area (Å²) in [6, 6.07) is 3.62. The van der Waals surface area contributed by atoms with Crippen molar-refractivity contribution in [1.29, 1.82) is 0 Å². The number of halogens is 1. The first-order chi connectivity index (χ1) is 7.15. The Balaban J connectivity index is 2.03. The number of amides is 1. The Morgan fingerprint density at radius 3 is 2.93 bits per heavy atom. The summed E-state index contributed by atoms with van der Waals surface area (Å²) in [5, 5.41) is 0.635. The van der Waals surface area contributed by atoms with E-state index in [0.717, 1.165) is 5.56 Å². The summed E-state index contributed by atoms with van der Waals surface area (Å²) in [5.74, 6) is 0.157. The minimum Gasteiger partial charge on any atom is -0.337 e. The molecule has 0 spiro atoms.